The lowest BCUT2D eigenvalue weighted by Crippen LogP contribution is -2.64. The second-order valence-electron chi connectivity index (χ2n) is 24.5. The van der Waals surface area contributed by atoms with Gasteiger partial charge in [0.15, 0.2) is 73.8 Å². The number of carbonyl (C=O) groups is 12. The van der Waals surface area contributed by atoms with E-state index in [4.69, 9.17) is 99.5 Å². The van der Waals surface area contributed by atoms with Crippen LogP contribution in [0.1, 0.15) is 180 Å². The number of hydrogen-bond donors (Lipinski definition) is 0. The molecule has 3 saturated heterocycles. The molecule has 0 N–H and O–H groups in total. The van der Waals surface area contributed by atoms with Crippen molar-refractivity contribution in [2.24, 2.45) is 5.41 Å². The Labute approximate surface area is 583 Å². The van der Waals surface area contributed by atoms with E-state index in [-0.39, 0.29) is 39.6 Å². The van der Waals surface area contributed by atoms with Gasteiger partial charge >= 0.3 is 71.6 Å². The van der Waals surface area contributed by atoms with Gasteiger partial charge in [-0.05, 0) is 6.42 Å². The predicted octanol–water partition coefficient (Wildman–Crippen LogP) is 4.80. The lowest BCUT2D eigenvalue weighted by atomic mass is 9.91. The monoisotopic (exact) mass is 1440 g/mol. The van der Waals surface area contributed by atoms with Crippen molar-refractivity contribution in [3.05, 3.63) is 0 Å². The summed E-state index contributed by atoms with van der Waals surface area (Å²) in [5, 5.41) is 0. The molecule has 0 radical (unpaired) electrons. The highest BCUT2D eigenvalue weighted by Gasteiger charge is 2.57. The van der Waals surface area contributed by atoms with Crippen LogP contribution in [0.2, 0.25) is 0 Å². The summed E-state index contributed by atoms with van der Waals surface area (Å²) in [5.41, 5.74) is -1.63. The van der Waals surface area contributed by atoms with Gasteiger partial charge in [-0.2, -0.15) is 0 Å². The van der Waals surface area contributed by atoms with Crippen LogP contribution in [0.25, 0.3) is 0 Å². The smallest absolute Gasteiger partial charge is 0.303 e. The first-order valence-electron chi connectivity index (χ1n) is 34.0. The minimum atomic E-state index is -1.76. The summed E-state index contributed by atoms with van der Waals surface area (Å²) < 4.78 is 123. The van der Waals surface area contributed by atoms with Gasteiger partial charge in [0, 0.05) is 89.7 Å². The maximum absolute atomic E-state index is 13.0. The molecule has 100 heavy (non-hydrogen) atoms. The van der Waals surface area contributed by atoms with Crippen molar-refractivity contribution in [2.75, 3.05) is 79.3 Å². The number of ether oxygens (including phenoxy) is 21. The molecule has 3 fully saturated rings. The zero-order valence-corrected chi connectivity index (χ0v) is 60.0. The molecular formula is C67H106O33. The molecule has 33 nitrogen and oxygen atoms in total. The van der Waals surface area contributed by atoms with Crippen molar-refractivity contribution >= 4 is 71.6 Å². The van der Waals surface area contributed by atoms with E-state index >= 15 is 0 Å². The third-order valence-corrected chi connectivity index (χ3v) is 15.3. The summed E-state index contributed by atoms with van der Waals surface area (Å²) in [5.74, 6) is -10.3. The third-order valence-electron chi connectivity index (χ3n) is 15.3. The first-order chi connectivity index (χ1) is 47.4. The number of carbonyl (C=O) groups excluding carboxylic acids is 12. The molecule has 3 rings (SSSR count). The van der Waals surface area contributed by atoms with Crippen LogP contribution in [0.5, 0.6) is 0 Å². The quantitative estimate of drug-likeness (QED) is 0.0448. The molecule has 0 unspecified atom stereocenters. The van der Waals surface area contributed by atoms with Crippen molar-refractivity contribution < 1.29 is 157 Å². The molecule has 15 atom stereocenters. The van der Waals surface area contributed by atoms with Gasteiger partial charge in [0.1, 0.15) is 38.1 Å². The van der Waals surface area contributed by atoms with Gasteiger partial charge in [-0.1, -0.05) is 90.4 Å². The Morgan fingerprint density at radius 1 is 0.260 bits per heavy atom. The Balaban J connectivity index is 2.12. The minimum absolute atomic E-state index is 0.167. The summed E-state index contributed by atoms with van der Waals surface area (Å²) in [6.07, 6.45) is -8.20. The Kier molecular flexibility index (Phi) is 41.5. The molecule has 0 bridgehead atoms. The van der Waals surface area contributed by atoms with Gasteiger partial charge in [-0.3, -0.25) is 57.5 Å². The Morgan fingerprint density at radius 2 is 0.510 bits per heavy atom. The van der Waals surface area contributed by atoms with E-state index < -0.39 is 209 Å². The molecule has 572 valence electrons. The number of unbranched alkanes of at least 4 members (excludes halogenated alkanes) is 13. The van der Waals surface area contributed by atoms with E-state index in [9.17, 15) is 57.5 Å². The van der Waals surface area contributed by atoms with Crippen molar-refractivity contribution in [1.82, 2.24) is 0 Å². The SMILES string of the molecule is CCCCCCCCCCCCCCCCOCC(COCCOCCO[C@H]1O[C@H](COC(C)=O)[C@@H](OC(C)=O)[C@H](OC(C)=O)[C@@H]1OC(C)=O)(CO[C@H]1O[C@H](COC(C)=O)[C@@H](OC(C)=O)[C@H](OC(C)=O)[C@@H]1OC(C)=O)CO[C@H]1O[C@H](COC(C)=O)[C@@H](OC(C)=O)[C@H](OC(C)=O)[C@@H]1OC(C)=O. The van der Waals surface area contributed by atoms with Crippen LogP contribution in [0.15, 0.2) is 0 Å². The van der Waals surface area contributed by atoms with Crippen LogP contribution in [-0.4, -0.2) is 243 Å². The van der Waals surface area contributed by atoms with Gasteiger partial charge in [0.25, 0.3) is 0 Å². The van der Waals surface area contributed by atoms with Crippen molar-refractivity contribution in [2.45, 2.75) is 272 Å². The summed E-state index contributed by atoms with van der Waals surface area (Å²) >= 11 is 0. The van der Waals surface area contributed by atoms with Gasteiger partial charge in [0.2, 0.25) is 0 Å². The zero-order chi connectivity index (χ0) is 74.3. The second-order valence-corrected chi connectivity index (χ2v) is 24.5. The number of esters is 12. The third kappa shape index (κ3) is 34.3. The van der Waals surface area contributed by atoms with Crippen LogP contribution in [0.4, 0.5) is 0 Å². The van der Waals surface area contributed by atoms with Gasteiger partial charge in [-0.25, -0.2) is 0 Å². The van der Waals surface area contributed by atoms with Gasteiger partial charge in [-0.15, -0.1) is 0 Å². The molecular weight excluding hydrogens is 1330 g/mol. The Bertz CT molecular complexity index is 2460. The summed E-state index contributed by atoms with van der Waals surface area (Å²) in [6, 6.07) is 0. The molecule has 0 amide bonds. The largest absolute Gasteiger partial charge is 0.463 e. The lowest BCUT2D eigenvalue weighted by Gasteiger charge is -2.46. The fraction of sp³-hybridized carbons (Fsp3) is 0.821. The average Bonchev–Trinajstić information content (AvgIpc) is 0.797. The van der Waals surface area contributed by atoms with Gasteiger partial charge in [0.05, 0.1) is 58.3 Å². The normalized spacial score (nSPS) is 25.0. The minimum Gasteiger partial charge on any atom is -0.463 e. The van der Waals surface area contributed by atoms with Crippen LogP contribution >= 0.6 is 0 Å². The van der Waals surface area contributed by atoms with E-state index in [0.717, 1.165) is 115 Å². The summed E-state index contributed by atoms with van der Waals surface area (Å²) in [4.78, 5) is 150. The van der Waals surface area contributed by atoms with Crippen molar-refractivity contribution in [3.63, 3.8) is 0 Å². The van der Waals surface area contributed by atoms with E-state index in [1.165, 1.54) is 51.4 Å². The second kappa shape index (κ2) is 47.5. The highest BCUT2D eigenvalue weighted by Crippen LogP contribution is 2.36. The van der Waals surface area contributed by atoms with Crippen LogP contribution in [0.3, 0.4) is 0 Å². The fourth-order valence-electron chi connectivity index (χ4n) is 11.2. The molecule has 3 aliphatic rings. The van der Waals surface area contributed by atoms with Crippen LogP contribution in [-0.2, 0) is 157 Å². The summed E-state index contributed by atoms with van der Waals surface area (Å²) in [7, 11) is 0. The molecule has 0 aromatic heterocycles. The Hall–Kier alpha value is -6.72. The first-order valence-corrected chi connectivity index (χ1v) is 34.0. The van der Waals surface area contributed by atoms with E-state index in [1.54, 1.807) is 0 Å². The molecule has 3 aliphatic heterocycles. The highest BCUT2D eigenvalue weighted by atomic mass is 16.8. The van der Waals surface area contributed by atoms with E-state index in [0.29, 0.717) is 6.42 Å². The molecule has 0 spiro atoms. The molecule has 3 heterocycles. The standard InChI is InChI=1S/C67H106O33/c1-14-15-16-17-18-19-20-21-22-23-24-25-26-27-28-81-36-67(38-87-65-62(96-50(12)78)59(93-47(9)75)56(90-44(6)72)53(99-65)34-85-41(3)69,39-88-66-63(97-51(13)79)60(94-48(10)76)57(91-45(7)73)54(100-66)35-86-42(4)70)37-82-30-29-80-31-32-83-64-61(95-49(11)77)58(92-46(8)74)55(89-43(5)71)52(98-64)33-84-40(2)68/h52-66H,14-39H2,1-13H3/t52-,53-,54-,55-,56-,57-,58+,59+,60+,61+,62+,63+,64+,65+,66+/m1/s1. The average molecular weight is 1440 g/mol. The van der Waals surface area contributed by atoms with Crippen molar-refractivity contribution in [1.29, 1.82) is 0 Å². The molecule has 0 aromatic rings. The number of rotatable bonds is 47. The highest BCUT2D eigenvalue weighted by molar-refractivity contribution is 5.71. The van der Waals surface area contributed by atoms with Gasteiger partial charge < -0.3 is 99.5 Å². The fourth-order valence-corrected chi connectivity index (χ4v) is 11.2. The lowest BCUT2D eigenvalue weighted by molar-refractivity contribution is -0.326. The van der Waals surface area contributed by atoms with Crippen LogP contribution < -0.4 is 0 Å². The molecule has 0 aliphatic carbocycles. The number of hydrogen-bond acceptors (Lipinski definition) is 33. The Morgan fingerprint density at radius 3 is 0.810 bits per heavy atom. The predicted molar refractivity (Wildman–Crippen MR) is 339 cm³/mol. The molecule has 0 saturated carbocycles. The van der Waals surface area contributed by atoms with E-state index in [2.05, 4.69) is 6.92 Å². The summed E-state index contributed by atoms with van der Waals surface area (Å²) in [6.45, 7) is 10.7. The van der Waals surface area contributed by atoms with Crippen LogP contribution in [0, 0.1) is 5.41 Å². The zero-order valence-electron chi connectivity index (χ0n) is 60.0. The topological polar surface area (TPSA) is 399 Å². The maximum Gasteiger partial charge on any atom is 0.303 e. The van der Waals surface area contributed by atoms with Crippen molar-refractivity contribution in [3.8, 4) is 0 Å². The molecule has 0 aromatic carbocycles. The first kappa shape index (κ1) is 87.5. The maximum atomic E-state index is 13.0. The molecule has 33 heteroatoms. The van der Waals surface area contributed by atoms with E-state index in [1.807, 2.05) is 0 Å².